The fraction of sp³-hybridized carbons (Fsp3) is 0.552. The molecular formula is C87H123O9P. The molecule has 0 spiro atoms. The van der Waals surface area contributed by atoms with Crippen LogP contribution in [0.5, 0.6) is 34.5 Å². The van der Waals surface area contributed by atoms with Gasteiger partial charge in [0.15, 0.2) is 0 Å². The first kappa shape index (κ1) is 79.5. The van der Waals surface area contributed by atoms with Crippen LogP contribution in [-0.4, -0.2) is 17.9 Å². The first-order valence-electron chi connectivity index (χ1n) is 34.9. The van der Waals surface area contributed by atoms with Gasteiger partial charge in [0, 0.05) is 50.1 Å². The fourth-order valence-electron chi connectivity index (χ4n) is 11.6. The molecule has 0 amide bonds. The molecule has 0 saturated heterocycles. The lowest BCUT2D eigenvalue weighted by atomic mass is 9.78. The topological polar surface area (TPSA) is 107 Å². The third-order valence-electron chi connectivity index (χ3n) is 17.9. The van der Waals surface area contributed by atoms with E-state index in [0.717, 1.165) is 66.8 Å². The van der Waals surface area contributed by atoms with Crippen LogP contribution in [0.3, 0.4) is 0 Å². The minimum absolute atomic E-state index is 0.123. The van der Waals surface area contributed by atoms with Crippen molar-refractivity contribution < 1.29 is 42.2 Å². The van der Waals surface area contributed by atoms with Gasteiger partial charge in [0.25, 0.3) is 0 Å². The molecular weight excluding hydrogens is 1220 g/mol. The molecule has 97 heavy (non-hydrogen) atoms. The van der Waals surface area contributed by atoms with Gasteiger partial charge in [-0.2, -0.15) is 0 Å². The summed E-state index contributed by atoms with van der Waals surface area (Å²) in [6.07, 6.45) is 0. The minimum atomic E-state index is -2.60. The Morgan fingerprint density at radius 3 is 0.536 bits per heavy atom. The van der Waals surface area contributed by atoms with Crippen LogP contribution < -0.4 is 27.8 Å². The van der Waals surface area contributed by atoms with Crippen molar-refractivity contribution in [2.24, 2.45) is 0 Å². The second-order valence-electron chi connectivity index (χ2n) is 39.5. The van der Waals surface area contributed by atoms with E-state index < -0.39 is 59.0 Å². The number of rotatable bonds is 12. The van der Waals surface area contributed by atoms with Crippen LogP contribution in [0.25, 0.3) is 0 Å². The highest BCUT2D eigenvalue weighted by Gasteiger charge is 2.41. The molecule has 6 aromatic rings. The highest BCUT2D eigenvalue weighted by molar-refractivity contribution is 7.43. The molecule has 0 N–H and O–H groups in total. The number of hydrogen-bond donors (Lipinski definition) is 0. The number of carbonyl (C=O) groups is 3. The van der Waals surface area contributed by atoms with E-state index in [-0.39, 0.29) is 32.5 Å². The van der Waals surface area contributed by atoms with Crippen LogP contribution in [0.1, 0.15) is 347 Å². The Morgan fingerprint density at radius 2 is 0.392 bits per heavy atom. The van der Waals surface area contributed by atoms with Crippen molar-refractivity contribution in [3.05, 3.63) is 174 Å². The van der Waals surface area contributed by atoms with Gasteiger partial charge in [0.1, 0.15) is 34.5 Å². The van der Waals surface area contributed by atoms with E-state index >= 15 is 14.4 Å². The monoisotopic (exact) mass is 1340 g/mol. The van der Waals surface area contributed by atoms with Crippen LogP contribution in [0, 0.1) is 0 Å². The summed E-state index contributed by atoms with van der Waals surface area (Å²) in [5.41, 5.74) is 6.54. The molecule has 0 aliphatic carbocycles. The number of ether oxygens (including phenoxy) is 3. The highest BCUT2D eigenvalue weighted by Crippen LogP contribution is 2.56. The predicted octanol–water partition coefficient (Wildman–Crippen LogP) is 24.7. The van der Waals surface area contributed by atoms with Crippen LogP contribution in [0.15, 0.2) is 91.0 Å². The molecule has 0 fully saturated rings. The molecule has 0 heterocycles. The van der Waals surface area contributed by atoms with Gasteiger partial charge < -0.3 is 27.8 Å². The molecule has 0 unspecified atom stereocenters. The Hall–Kier alpha value is -6.44. The third-order valence-corrected chi connectivity index (χ3v) is 18.9. The Labute approximate surface area is 588 Å². The van der Waals surface area contributed by atoms with Crippen LogP contribution >= 0.6 is 8.60 Å². The van der Waals surface area contributed by atoms with Gasteiger partial charge in [-0.05, 0) is 136 Å². The van der Waals surface area contributed by atoms with Gasteiger partial charge >= 0.3 is 26.5 Å². The van der Waals surface area contributed by atoms with Crippen molar-refractivity contribution in [3.8, 4) is 34.5 Å². The number of hydrogen-bond acceptors (Lipinski definition) is 9. The van der Waals surface area contributed by atoms with Crippen molar-refractivity contribution in [2.75, 3.05) is 0 Å². The van der Waals surface area contributed by atoms with Crippen molar-refractivity contribution in [1.29, 1.82) is 0 Å². The number of esters is 3. The lowest BCUT2D eigenvalue weighted by Crippen LogP contribution is -2.25. The second-order valence-corrected chi connectivity index (χ2v) is 40.5. The number of benzene rings is 6. The maximum atomic E-state index is 15.1. The standard InChI is InChI=1S/C87H123O9P/c1-76(2,3)55-37-40-67(58(49-55)79(10,11)12)91-73(88)52-43-61(82(19,20)21)70(62(44-52)83(22,23)24)94-97(95-71-63(84(25,26)27)45-53(46-64(71)85(28,29)30)74(89)92-68-41-38-56(77(4,5)6)50-59(68)80(13,14)15)96-72-65(86(31,32)33)47-54(48-66(72)87(34,35)36)75(90)93-69-42-39-57(78(7,8)9)51-60(69)81(16,17)18/h37-51H,1-36H3. The van der Waals surface area contributed by atoms with Crippen molar-refractivity contribution in [1.82, 2.24) is 0 Å². The molecule has 0 aliphatic rings. The molecule has 530 valence electrons. The molecule has 0 saturated carbocycles. The SMILES string of the molecule is CC(C)(C)c1ccc(OC(=O)c2cc(C(C)(C)C)c(OP(Oc3c(C(C)(C)C)cc(C(=O)Oc4ccc(C(C)(C)C)cc4C(C)(C)C)cc3C(C)(C)C)Oc3c(C(C)(C)C)cc(C(=O)Oc4ccc(C(C)(C)C)cc4C(C)(C)C)cc3C(C)(C)C)c(C(C)(C)C)c2)c(C(C)(C)C)c1. The average Bonchev–Trinajstić information content (AvgIpc) is 0.758. The van der Waals surface area contributed by atoms with Gasteiger partial charge in [0.2, 0.25) is 0 Å². The summed E-state index contributed by atoms with van der Waals surface area (Å²) in [4.78, 5) is 45.2. The summed E-state index contributed by atoms with van der Waals surface area (Å²) in [7, 11) is -2.60. The smallest absolute Gasteiger partial charge is 0.423 e. The van der Waals surface area contributed by atoms with Gasteiger partial charge in [-0.15, -0.1) is 0 Å². The van der Waals surface area contributed by atoms with Gasteiger partial charge in [-0.25, -0.2) is 14.4 Å². The zero-order chi connectivity index (χ0) is 74.3. The van der Waals surface area contributed by atoms with E-state index in [1.165, 1.54) is 0 Å². The van der Waals surface area contributed by atoms with Crippen molar-refractivity contribution >= 4 is 26.5 Å². The second kappa shape index (κ2) is 26.9. The third kappa shape index (κ3) is 19.3. The Morgan fingerprint density at radius 1 is 0.227 bits per heavy atom. The summed E-state index contributed by atoms with van der Waals surface area (Å²) in [6.45, 7) is 76.8. The zero-order valence-electron chi connectivity index (χ0n) is 66.8. The first-order valence-corrected chi connectivity index (χ1v) is 36.0. The first-order chi connectivity index (χ1) is 43.4. The number of carbonyl (C=O) groups excluding carboxylic acids is 3. The molecule has 0 atom stereocenters. The van der Waals surface area contributed by atoms with E-state index in [4.69, 9.17) is 27.8 Å². The highest BCUT2D eigenvalue weighted by atomic mass is 31.2. The maximum absolute atomic E-state index is 15.1. The molecule has 0 bridgehead atoms. The van der Waals surface area contributed by atoms with Gasteiger partial charge in [-0.1, -0.05) is 286 Å². The Bertz CT molecular complexity index is 3410. The van der Waals surface area contributed by atoms with E-state index in [0.29, 0.717) is 51.2 Å². The van der Waals surface area contributed by atoms with Crippen molar-refractivity contribution in [3.63, 3.8) is 0 Å². The Kier molecular flexibility index (Phi) is 22.1. The molecule has 6 aromatic carbocycles. The quantitative estimate of drug-likeness (QED) is 0.0673. The van der Waals surface area contributed by atoms with Crippen LogP contribution in [0.2, 0.25) is 0 Å². The lowest BCUT2D eigenvalue weighted by Gasteiger charge is -2.35. The normalized spacial score (nSPS) is 13.6. The maximum Gasteiger partial charge on any atom is 0.530 e. The predicted molar refractivity (Wildman–Crippen MR) is 407 cm³/mol. The molecule has 6 rings (SSSR count). The minimum Gasteiger partial charge on any atom is -0.423 e. The van der Waals surface area contributed by atoms with E-state index in [1.54, 1.807) is 0 Å². The van der Waals surface area contributed by atoms with E-state index in [1.807, 2.05) is 72.8 Å². The zero-order valence-corrected chi connectivity index (χ0v) is 67.7. The fourth-order valence-corrected chi connectivity index (χ4v) is 12.8. The average molecular weight is 1340 g/mol. The molecule has 0 radical (unpaired) electrons. The van der Waals surface area contributed by atoms with Crippen molar-refractivity contribution in [2.45, 2.75) is 314 Å². The van der Waals surface area contributed by atoms with E-state index in [9.17, 15) is 0 Å². The largest absolute Gasteiger partial charge is 0.530 e. The summed E-state index contributed by atoms with van der Waals surface area (Å²) < 4.78 is 42.7. The molecule has 10 heteroatoms. The molecule has 0 aromatic heterocycles. The summed E-state index contributed by atoms with van der Waals surface area (Å²) in [5.74, 6) is 1.53. The summed E-state index contributed by atoms with van der Waals surface area (Å²) >= 11 is 0. The van der Waals surface area contributed by atoms with Crippen LogP contribution in [0.4, 0.5) is 0 Å². The van der Waals surface area contributed by atoms with E-state index in [2.05, 4.69) is 267 Å². The summed E-state index contributed by atoms with van der Waals surface area (Å²) in [5, 5.41) is 0. The molecule has 9 nitrogen and oxygen atoms in total. The molecule has 0 aliphatic heterocycles. The summed E-state index contributed by atoms with van der Waals surface area (Å²) in [6, 6.07) is 29.8. The lowest BCUT2D eigenvalue weighted by molar-refractivity contribution is 0.0721. The van der Waals surface area contributed by atoms with Crippen LogP contribution in [-0.2, 0) is 65.0 Å². The van der Waals surface area contributed by atoms with Gasteiger partial charge in [0.05, 0.1) is 16.7 Å². The van der Waals surface area contributed by atoms with Gasteiger partial charge in [-0.3, -0.25) is 0 Å². The Balaban J connectivity index is 1.69.